The third-order valence-electron chi connectivity index (χ3n) is 3.95. The van der Waals surface area contributed by atoms with Crippen LogP contribution in [0.1, 0.15) is 18.0 Å². The van der Waals surface area contributed by atoms with Gasteiger partial charge in [0, 0.05) is 32.4 Å². The molecule has 1 aliphatic rings. The van der Waals surface area contributed by atoms with E-state index in [1.165, 1.54) is 23.1 Å². The van der Waals surface area contributed by atoms with E-state index >= 15 is 0 Å². The highest BCUT2D eigenvalue weighted by molar-refractivity contribution is 5.89. The van der Waals surface area contributed by atoms with Gasteiger partial charge in [-0.25, -0.2) is 9.18 Å². The average Bonchev–Trinajstić information content (AvgIpc) is 3.11. The van der Waals surface area contributed by atoms with Gasteiger partial charge >= 0.3 is 6.03 Å². The van der Waals surface area contributed by atoms with Crippen molar-refractivity contribution < 1.29 is 14.0 Å². The molecule has 1 fully saturated rings. The molecule has 0 saturated carbocycles. The topological polar surface area (TPSA) is 92.2 Å². The largest absolute Gasteiger partial charge is 0.352 e. The number of halogens is 1. The lowest BCUT2D eigenvalue weighted by atomic mass is 10.0. The molecular formula is C16H19FN6O2. The van der Waals surface area contributed by atoms with Gasteiger partial charge in [0.05, 0.1) is 6.20 Å². The van der Waals surface area contributed by atoms with Crippen molar-refractivity contribution in [2.45, 2.75) is 19.0 Å². The van der Waals surface area contributed by atoms with Crippen LogP contribution < -0.4 is 10.6 Å². The number of carbonyl (C=O) groups is 2. The number of piperazine rings is 1. The molecule has 8 nitrogen and oxygen atoms in total. The highest BCUT2D eigenvalue weighted by Crippen LogP contribution is 2.23. The highest BCUT2D eigenvalue weighted by atomic mass is 19.1. The maximum Gasteiger partial charge on any atom is 0.318 e. The molecule has 0 bridgehead atoms. The standard InChI is InChI=1S/C16H19FN6O2/c17-13-4-1-3-12(11-13)14-15(24)18-6-10-23(14)16(25)19-5-2-8-22-9-7-20-21-22/h1,3-4,7,9,11,14H,2,5-6,8,10H2,(H,18,24)(H,19,25). The minimum absolute atomic E-state index is 0.311. The van der Waals surface area contributed by atoms with Crippen LogP contribution in [0.2, 0.25) is 0 Å². The summed E-state index contributed by atoms with van der Waals surface area (Å²) in [4.78, 5) is 26.1. The molecule has 3 rings (SSSR count). The number of hydrogen-bond donors (Lipinski definition) is 2. The van der Waals surface area contributed by atoms with Crippen LogP contribution in [0.3, 0.4) is 0 Å². The average molecular weight is 346 g/mol. The molecule has 2 aromatic rings. The van der Waals surface area contributed by atoms with Crippen molar-refractivity contribution >= 4 is 11.9 Å². The molecule has 1 unspecified atom stereocenters. The van der Waals surface area contributed by atoms with Crippen molar-refractivity contribution in [2.75, 3.05) is 19.6 Å². The van der Waals surface area contributed by atoms with E-state index in [4.69, 9.17) is 0 Å². The lowest BCUT2D eigenvalue weighted by molar-refractivity contribution is -0.127. The second-order valence-electron chi connectivity index (χ2n) is 5.69. The number of carbonyl (C=O) groups excluding carboxylic acids is 2. The number of amides is 3. The fourth-order valence-electron chi connectivity index (χ4n) is 2.78. The van der Waals surface area contributed by atoms with Gasteiger partial charge in [0.25, 0.3) is 0 Å². The number of aryl methyl sites for hydroxylation is 1. The Kier molecular flexibility index (Phi) is 5.22. The van der Waals surface area contributed by atoms with Gasteiger partial charge < -0.3 is 15.5 Å². The molecule has 2 N–H and O–H groups in total. The maximum absolute atomic E-state index is 13.5. The molecule has 25 heavy (non-hydrogen) atoms. The SMILES string of the molecule is O=C1NCCN(C(=O)NCCCn2ccnn2)C1c1cccc(F)c1. The summed E-state index contributed by atoms with van der Waals surface area (Å²) in [6.07, 6.45) is 4.02. The lowest BCUT2D eigenvalue weighted by Gasteiger charge is -2.35. The molecule has 1 aliphatic heterocycles. The molecular weight excluding hydrogens is 327 g/mol. The van der Waals surface area contributed by atoms with Crippen molar-refractivity contribution in [3.63, 3.8) is 0 Å². The first-order chi connectivity index (χ1) is 12.1. The van der Waals surface area contributed by atoms with E-state index in [2.05, 4.69) is 20.9 Å². The van der Waals surface area contributed by atoms with Crippen LogP contribution in [0, 0.1) is 5.82 Å². The Morgan fingerprint density at radius 3 is 3.08 bits per heavy atom. The van der Waals surface area contributed by atoms with Crippen molar-refractivity contribution in [2.24, 2.45) is 0 Å². The van der Waals surface area contributed by atoms with E-state index in [-0.39, 0.29) is 11.9 Å². The number of nitrogens with one attached hydrogen (secondary N) is 2. The second-order valence-corrected chi connectivity index (χ2v) is 5.69. The summed E-state index contributed by atoms with van der Waals surface area (Å²) in [5.74, 6) is -0.751. The molecule has 3 amide bonds. The summed E-state index contributed by atoms with van der Waals surface area (Å²) < 4.78 is 15.2. The maximum atomic E-state index is 13.5. The minimum atomic E-state index is -0.834. The molecule has 9 heteroatoms. The van der Waals surface area contributed by atoms with Gasteiger partial charge in [0.1, 0.15) is 11.9 Å². The Morgan fingerprint density at radius 2 is 2.32 bits per heavy atom. The number of aromatic nitrogens is 3. The van der Waals surface area contributed by atoms with Gasteiger partial charge in [0.15, 0.2) is 0 Å². The van der Waals surface area contributed by atoms with E-state index in [0.717, 1.165) is 0 Å². The van der Waals surface area contributed by atoms with Gasteiger partial charge in [-0.3, -0.25) is 9.48 Å². The van der Waals surface area contributed by atoms with Crippen LogP contribution in [0.4, 0.5) is 9.18 Å². The van der Waals surface area contributed by atoms with E-state index in [1.807, 2.05) is 0 Å². The predicted molar refractivity (Wildman–Crippen MR) is 86.9 cm³/mol. The first-order valence-corrected chi connectivity index (χ1v) is 8.07. The highest BCUT2D eigenvalue weighted by Gasteiger charge is 2.34. The zero-order valence-electron chi connectivity index (χ0n) is 13.6. The van der Waals surface area contributed by atoms with E-state index in [1.54, 1.807) is 23.1 Å². The monoisotopic (exact) mass is 346 g/mol. The molecule has 1 atom stereocenters. The van der Waals surface area contributed by atoms with Crippen molar-refractivity contribution in [3.05, 3.63) is 48.0 Å². The molecule has 0 aliphatic carbocycles. The van der Waals surface area contributed by atoms with E-state index in [0.29, 0.717) is 38.2 Å². The summed E-state index contributed by atoms with van der Waals surface area (Å²) >= 11 is 0. The zero-order chi connectivity index (χ0) is 17.6. The predicted octanol–water partition coefficient (Wildman–Crippen LogP) is 0.690. The summed E-state index contributed by atoms with van der Waals surface area (Å²) in [5.41, 5.74) is 0.454. The van der Waals surface area contributed by atoms with Gasteiger partial charge in [-0.05, 0) is 24.1 Å². The molecule has 2 heterocycles. The number of nitrogens with zero attached hydrogens (tertiary/aromatic N) is 4. The van der Waals surface area contributed by atoms with Crippen LogP contribution >= 0.6 is 0 Å². The fourth-order valence-corrected chi connectivity index (χ4v) is 2.78. The smallest absolute Gasteiger partial charge is 0.318 e. The van der Waals surface area contributed by atoms with Gasteiger partial charge in [-0.2, -0.15) is 0 Å². The number of benzene rings is 1. The van der Waals surface area contributed by atoms with Crippen LogP contribution in [0.15, 0.2) is 36.7 Å². The first kappa shape index (κ1) is 16.9. The Hall–Kier alpha value is -2.97. The quantitative estimate of drug-likeness (QED) is 0.779. The first-order valence-electron chi connectivity index (χ1n) is 8.07. The molecule has 1 aromatic carbocycles. The fraction of sp³-hybridized carbons (Fsp3) is 0.375. The summed E-state index contributed by atoms with van der Waals surface area (Å²) in [5, 5.41) is 13.1. The van der Waals surface area contributed by atoms with E-state index in [9.17, 15) is 14.0 Å². The van der Waals surface area contributed by atoms with Gasteiger partial charge in [0.2, 0.25) is 5.91 Å². The van der Waals surface area contributed by atoms with Crippen LogP contribution in [-0.2, 0) is 11.3 Å². The van der Waals surface area contributed by atoms with Crippen LogP contribution in [0.5, 0.6) is 0 Å². The Bertz CT molecular complexity index is 736. The Balaban J connectivity index is 1.61. The second kappa shape index (κ2) is 7.73. The molecule has 1 saturated heterocycles. The van der Waals surface area contributed by atoms with Crippen LogP contribution in [-0.4, -0.2) is 51.5 Å². The van der Waals surface area contributed by atoms with Crippen molar-refractivity contribution in [1.29, 1.82) is 0 Å². The number of rotatable bonds is 5. The lowest BCUT2D eigenvalue weighted by Crippen LogP contribution is -2.55. The normalized spacial score (nSPS) is 17.2. The molecule has 1 aromatic heterocycles. The molecule has 0 spiro atoms. The molecule has 0 radical (unpaired) electrons. The Labute approximate surface area is 144 Å². The summed E-state index contributed by atoms with van der Waals surface area (Å²) in [7, 11) is 0. The summed E-state index contributed by atoms with van der Waals surface area (Å²) in [6.45, 7) is 1.81. The third kappa shape index (κ3) is 4.11. The summed E-state index contributed by atoms with van der Waals surface area (Å²) in [6, 6.07) is 4.58. The zero-order valence-corrected chi connectivity index (χ0v) is 13.6. The van der Waals surface area contributed by atoms with Crippen molar-refractivity contribution in [3.8, 4) is 0 Å². The van der Waals surface area contributed by atoms with E-state index < -0.39 is 11.9 Å². The van der Waals surface area contributed by atoms with Gasteiger partial charge in [-0.1, -0.05) is 17.3 Å². The van der Waals surface area contributed by atoms with Gasteiger partial charge in [-0.15, -0.1) is 5.10 Å². The number of hydrogen-bond acceptors (Lipinski definition) is 4. The Morgan fingerprint density at radius 1 is 1.44 bits per heavy atom. The molecule has 132 valence electrons. The van der Waals surface area contributed by atoms with Crippen LogP contribution in [0.25, 0.3) is 0 Å². The minimum Gasteiger partial charge on any atom is -0.352 e. The number of urea groups is 1. The third-order valence-corrected chi connectivity index (χ3v) is 3.95. The van der Waals surface area contributed by atoms with Crippen molar-refractivity contribution in [1.82, 2.24) is 30.5 Å².